The summed E-state index contributed by atoms with van der Waals surface area (Å²) >= 11 is 5.29. The molecule has 2 heterocycles. The lowest BCUT2D eigenvalue weighted by molar-refractivity contribution is -0.118. The highest BCUT2D eigenvalue weighted by Crippen LogP contribution is 2.51. The molecule has 1 atom stereocenters. The molecule has 0 bridgehead atoms. The maximum Gasteiger partial charge on any atom is 0.162 e. The van der Waals surface area contributed by atoms with Gasteiger partial charge < -0.3 is 5.32 Å². The van der Waals surface area contributed by atoms with Crippen LogP contribution < -0.4 is 5.32 Å². The Balaban J connectivity index is 1.82. The summed E-state index contributed by atoms with van der Waals surface area (Å²) in [6.45, 7) is 4.37. The number of hydrogen-bond acceptors (Lipinski definition) is 3. The van der Waals surface area contributed by atoms with Crippen LogP contribution in [0.25, 0.3) is 10.8 Å². The molecular weight excluding hydrogens is 418 g/mol. The van der Waals surface area contributed by atoms with Crippen LogP contribution in [0.2, 0.25) is 0 Å². The van der Waals surface area contributed by atoms with Gasteiger partial charge in [-0.15, -0.1) is 11.3 Å². The minimum Gasteiger partial charge on any atom is -0.358 e. The molecule has 0 fully saturated rings. The molecule has 2 nitrogen and oxygen atoms in total. The summed E-state index contributed by atoms with van der Waals surface area (Å²) in [5, 5.41) is 8.25. The van der Waals surface area contributed by atoms with Gasteiger partial charge in [0.1, 0.15) is 0 Å². The maximum absolute atomic E-state index is 13.3. The van der Waals surface area contributed by atoms with Gasteiger partial charge in [-0.1, -0.05) is 44.2 Å². The van der Waals surface area contributed by atoms with Crippen LogP contribution in [0, 0.1) is 5.41 Å². The first-order valence-electron chi connectivity index (χ1n) is 9.22. The van der Waals surface area contributed by atoms with Crippen molar-refractivity contribution in [3.8, 4) is 0 Å². The second-order valence-corrected chi connectivity index (χ2v) is 10.6. The van der Waals surface area contributed by atoms with Gasteiger partial charge in [0, 0.05) is 29.3 Å². The number of ketones is 1. The Morgan fingerprint density at radius 2 is 1.96 bits per heavy atom. The van der Waals surface area contributed by atoms with Crippen molar-refractivity contribution in [2.24, 2.45) is 5.41 Å². The Kier molecular flexibility index (Phi) is 3.85. The van der Waals surface area contributed by atoms with E-state index in [2.05, 4.69) is 82.9 Å². The quantitative estimate of drug-likeness (QED) is 0.450. The number of thiophene rings is 1. The number of allylic oxidation sites excluding steroid dienone is 2. The third kappa shape index (κ3) is 2.77. The summed E-state index contributed by atoms with van der Waals surface area (Å²) < 4.78 is 1.10. The van der Waals surface area contributed by atoms with Gasteiger partial charge >= 0.3 is 0 Å². The van der Waals surface area contributed by atoms with E-state index in [0.29, 0.717) is 6.42 Å². The number of carbonyl (C=O) groups excluding carboxylic acids is 1. The molecule has 4 heteroatoms. The van der Waals surface area contributed by atoms with E-state index in [1.807, 2.05) is 0 Å². The summed E-state index contributed by atoms with van der Waals surface area (Å²) in [4.78, 5) is 13.3. The average Bonchev–Trinajstić information content (AvgIpc) is 3.04. The molecular formula is C23H20BrNOS. The molecule has 1 aliphatic heterocycles. The summed E-state index contributed by atoms with van der Waals surface area (Å²) in [6.07, 6.45) is 1.51. The molecule has 0 amide bonds. The van der Waals surface area contributed by atoms with E-state index in [1.165, 1.54) is 21.9 Å². The van der Waals surface area contributed by atoms with Crippen molar-refractivity contribution in [2.75, 3.05) is 5.32 Å². The van der Waals surface area contributed by atoms with Crippen molar-refractivity contribution >= 4 is 49.5 Å². The molecule has 1 unspecified atom stereocenters. The van der Waals surface area contributed by atoms with E-state index in [1.54, 1.807) is 11.3 Å². The van der Waals surface area contributed by atoms with Gasteiger partial charge in [0.15, 0.2) is 5.78 Å². The largest absolute Gasteiger partial charge is 0.358 e. The topological polar surface area (TPSA) is 29.1 Å². The predicted molar refractivity (Wildman–Crippen MR) is 116 cm³/mol. The zero-order valence-corrected chi connectivity index (χ0v) is 17.7. The smallest absolute Gasteiger partial charge is 0.162 e. The normalized spacial score (nSPS) is 21.0. The van der Waals surface area contributed by atoms with Crippen LogP contribution >= 0.6 is 27.3 Å². The molecule has 0 spiro atoms. The van der Waals surface area contributed by atoms with E-state index in [9.17, 15) is 4.79 Å². The molecule has 136 valence electrons. The van der Waals surface area contributed by atoms with Gasteiger partial charge in [-0.3, -0.25) is 4.79 Å². The number of fused-ring (bicyclic) bond motifs is 3. The van der Waals surface area contributed by atoms with Crippen molar-refractivity contribution in [1.29, 1.82) is 0 Å². The highest BCUT2D eigenvalue weighted by Gasteiger charge is 2.41. The molecule has 3 aromatic rings. The minimum atomic E-state index is -0.00602. The van der Waals surface area contributed by atoms with Gasteiger partial charge in [0.05, 0.1) is 3.79 Å². The first kappa shape index (κ1) is 17.2. The van der Waals surface area contributed by atoms with Crippen LogP contribution in [0.1, 0.15) is 43.7 Å². The maximum atomic E-state index is 13.3. The molecule has 1 N–H and O–H groups in total. The fourth-order valence-corrected chi connectivity index (χ4v) is 5.81. The first-order chi connectivity index (χ1) is 12.9. The Morgan fingerprint density at radius 3 is 2.74 bits per heavy atom. The van der Waals surface area contributed by atoms with Crippen molar-refractivity contribution in [3.05, 3.63) is 74.0 Å². The van der Waals surface area contributed by atoms with Crippen LogP contribution in [-0.2, 0) is 4.79 Å². The van der Waals surface area contributed by atoms with Gasteiger partial charge in [0.25, 0.3) is 0 Å². The van der Waals surface area contributed by atoms with Crippen LogP contribution in [0.4, 0.5) is 5.69 Å². The Hall–Kier alpha value is -1.91. The lowest BCUT2D eigenvalue weighted by Crippen LogP contribution is -2.33. The number of carbonyl (C=O) groups is 1. The van der Waals surface area contributed by atoms with Gasteiger partial charge in [-0.2, -0.15) is 0 Å². The number of hydrogen-bond donors (Lipinski definition) is 1. The zero-order valence-electron chi connectivity index (χ0n) is 15.3. The molecule has 5 rings (SSSR count). The number of halogens is 1. The van der Waals surface area contributed by atoms with Gasteiger partial charge in [0.2, 0.25) is 0 Å². The highest BCUT2D eigenvalue weighted by molar-refractivity contribution is 9.11. The second kappa shape index (κ2) is 6.05. The third-order valence-corrected chi connectivity index (χ3v) is 7.20. The van der Waals surface area contributed by atoms with Crippen molar-refractivity contribution in [1.82, 2.24) is 0 Å². The van der Waals surface area contributed by atoms with Crippen molar-refractivity contribution < 1.29 is 4.79 Å². The van der Waals surface area contributed by atoms with Crippen LogP contribution in [0.5, 0.6) is 0 Å². The average molecular weight is 438 g/mol. The Labute approximate surface area is 171 Å². The number of benzene rings is 2. The number of nitrogens with one attached hydrogen (secondary N) is 1. The number of rotatable bonds is 1. The second-order valence-electron chi connectivity index (χ2n) is 8.32. The predicted octanol–water partition coefficient (Wildman–Crippen LogP) is 6.86. The monoisotopic (exact) mass is 437 g/mol. The van der Waals surface area contributed by atoms with Gasteiger partial charge in [-0.05, 0) is 67.2 Å². The summed E-state index contributed by atoms with van der Waals surface area (Å²) in [7, 11) is 0. The third-order valence-electron chi connectivity index (χ3n) is 5.67. The van der Waals surface area contributed by atoms with Crippen molar-refractivity contribution in [3.63, 3.8) is 0 Å². The van der Waals surface area contributed by atoms with E-state index < -0.39 is 0 Å². The standard InChI is InChI=1S/C23H20BrNOS/c1-23(2)10-17-22(18(26)11-23)20(14-9-19(24)27-12-14)21-15-6-4-3-5-13(15)7-8-16(21)25-17/h3-9,12,20,25H,10-11H2,1-2H3. The van der Waals surface area contributed by atoms with Gasteiger partial charge in [-0.25, -0.2) is 0 Å². The first-order valence-corrected chi connectivity index (χ1v) is 10.9. The molecule has 27 heavy (non-hydrogen) atoms. The molecule has 0 saturated heterocycles. The summed E-state index contributed by atoms with van der Waals surface area (Å²) in [5.74, 6) is 0.271. The van der Waals surface area contributed by atoms with Crippen LogP contribution in [0.15, 0.2) is 62.9 Å². The fourth-order valence-electron chi connectivity index (χ4n) is 4.61. The number of Topliss-reactive ketones (excluding diaryl/α,β-unsaturated/α-hetero) is 1. The van der Waals surface area contributed by atoms with E-state index in [0.717, 1.165) is 27.2 Å². The SMILES string of the molecule is CC1(C)CC(=O)C2=C(C1)Nc1ccc3ccccc3c1C2c1csc(Br)c1. The van der Waals surface area contributed by atoms with Crippen molar-refractivity contribution in [2.45, 2.75) is 32.6 Å². The zero-order chi connectivity index (χ0) is 18.8. The number of anilines is 1. The molecule has 0 saturated carbocycles. The Morgan fingerprint density at radius 1 is 1.15 bits per heavy atom. The van der Waals surface area contributed by atoms with E-state index >= 15 is 0 Å². The molecule has 2 aromatic carbocycles. The van der Waals surface area contributed by atoms with Crippen LogP contribution in [-0.4, -0.2) is 5.78 Å². The minimum absolute atomic E-state index is 0.00293. The Bertz CT molecular complexity index is 1120. The summed E-state index contributed by atoms with van der Waals surface area (Å²) in [5.41, 5.74) is 5.62. The van der Waals surface area contributed by atoms with Crippen LogP contribution in [0.3, 0.4) is 0 Å². The molecule has 1 aromatic heterocycles. The fraction of sp³-hybridized carbons (Fsp3) is 0.261. The highest BCUT2D eigenvalue weighted by atomic mass is 79.9. The lowest BCUT2D eigenvalue weighted by Gasteiger charge is -2.39. The molecule has 2 aliphatic rings. The lowest BCUT2D eigenvalue weighted by atomic mass is 9.68. The molecule has 0 radical (unpaired) electrons. The summed E-state index contributed by atoms with van der Waals surface area (Å²) in [6, 6.07) is 15.0. The molecule has 1 aliphatic carbocycles. The van der Waals surface area contributed by atoms with E-state index in [4.69, 9.17) is 0 Å². The van der Waals surface area contributed by atoms with E-state index in [-0.39, 0.29) is 17.1 Å².